The molecule has 116 valence electrons. The number of carbonyl (C=O) groups excluding carboxylic acids is 1. The van der Waals surface area contributed by atoms with Crippen molar-refractivity contribution in [2.75, 3.05) is 13.1 Å². The van der Waals surface area contributed by atoms with Gasteiger partial charge in [0.1, 0.15) is 0 Å². The SMILES string of the molecule is Cc1cccc(CNC(=O)CCC(C)N2CCCC2)c1C. The highest BCUT2D eigenvalue weighted by Gasteiger charge is 2.18. The Bertz CT molecular complexity index is 478. The number of nitrogens with one attached hydrogen (secondary N) is 1. The van der Waals surface area contributed by atoms with E-state index in [-0.39, 0.29) is 5.91 Å². The van der Waals surface area contributed by atoms with Crippen LogP contribution < -0.4 is 5.32 Å². The predicted octanol–water partition coefficient (Wildman–Crippen LogP) is 3.18. The van der Waals surface area contributed by atoms with E-state index in [1.165, 1.54) is 42.6 Å². The summed E-state index contributed by atoms with van der Waals surface area (Å²) in [4.78, 5) is 14.5. The van der Waals surface area contributed by atoms with E-state index in [1.54, 1.807) is 0 Å². The monoisotopic (exact) mass is 288 g/mol. The Morgan fingerprint density at radius 1 is 1.29 bits per heavy atom. The Balaban J connectivity index is 1.73. The number of hydrogen-bond acceptors (Lipinski definition) is 2. The summed E-state index contributed by atoms with van der Waals surface area (Å²) in [5, 5.41) is 3.06. The Labute approximate surface area is 128 Å². The molecule has 0 aliphatic carbocycles. The van der Waals surface area contributed by atoms with Crippen molar-refractivity contribution in [3.05, 3.63) is 34.9 Å². The lowest BCUT2D eigenvalue weighted by atomic mass is 10.0. The van der Waals surface area contributed by atoms with Crippen LogP contribution in [0.25, 0.3) is 0 Å². The van der Waals surface area contributed by atoms with Crippen LogP contribution in [0.15, 0.2) is 18.2 Å². The van der Waals surface area contributed by atoms with Gasteiger partial charge in [-0.15, -0.1) is 0 Å². The molecular weight excluding hydrogens is 260 g/mol. The molecule has 0 bridgehead atoms. The second-order valence-corrected chi connectivity index (χ2v) is 6.27. The van der Waals surface area contributed by atoms with Gasteiger partial charge in [-0.25, -0.2) is 0 Å². The molecule has 3 heteroatoms. The van der Waals surface area contributed by atoms with E-state index in [9.17, 15) is 4.79 Å². The average Bonchev–Trinajstić information content (AvgIpc) is 3.00. The fourth-order valence-corrected chi connectivity index (χ4v) is 2.99. The standard InChI is InChI=1S/C18H28N2O/c1-14-7-6-8-17(16(14)3)13-19-18(21)10-9-15(2)20-11-4-5-12-20/h6-8,15H,4-5,9-13H2,1-3H3,(H,19,21). The Morgan fingerprint density at radius 2 is 2.00 bits per heavy atom. The maximum atomic E-state index is 12.0. The zero-order chi connectivity index (χ0) is 15.2. The topological polar surface area (TPSA) is 32.3 Å². The number of amides is 1. The quantitative estimate of drug-likeness (QED) is 0.872. The molecular formula is C18H28N2O. The van der Waals surface area contributed by atoms with Gasteiger partial charge in [0.15, 0.2) is 0 Å². The molecule has 1 N–H and O–H groups in total. The first kappa shape index (κ1) is 16.0. The first-order valence-corrected chi connectivity index (χ1v) is 8.14. The van der Waals surface area contributed by atoms with Crippen molar-refractivity contribution in [1.29, 1.82) is 0 Å². The van der Waals surface area contributed by atoms with Crippen LogP contribution in [-0.2, 0) is 11.3 Å². The minimum atomic E-state index is 0.168. The van der Waals surface area contributed by atoms with Gasteiger partial charge in [0.25, 0.3) is 0 Å². The molecule has 0 saturated carbocycles. The largest absolute Gasteiger partial charge is 0.352 e. The van der Waals surface area contributed by atoms with E-state index >= 15 is 0 Å². The van der Waals surface area contributed by atoms with E-state index in [0.717, 1.165) is 6.42 Å². The van der Waals surface area contributed by atoms with Crippen LogP contribution in [0.4, 0.5) is 0 Å². The maximum Gasteiger partial charge on any atom is 0.220 e. The maximum absolute atomic E-state index is 12.0. The first-order valence-electron chi connectivity index (χ1n) is 8.14. The number of aryl methyl sites for hydroxylation is 1. The summed E-state index contributed by atoms with van der Waals surface area (Å²) < 4.78 is 0. The zero-order valence-electron chi connectivity index (χ0n) is 13.6. The van der Waals surface area contributed by atoms with Crippen molar-refractivity contribution < 1.29 is 4.79 Å². The molecule has 2 rings (SSSR count). The van der Waals surface area contributed by atoms with Crippen LogP contribution in [0.2, 0.25) is 0 Å². The summed E-state index contributed by atoms with van der Waals surface area (Å²) in [6.07, 6.45) is 4.20. The van der Waals surface area contributed by atoms with Gasteiger partial charge in [-0.05, 0) is 69.8 Å². The van der Waals surface area contributed by atoms with Gasteiger partial charge in [0.05, 0.1) is 0 Å². The second kappa shape index (κ2) is 7.60. The number of rotatable bonds is 6. The minimum Gasteiger partial charge on any atom is -0.352 e. The minimum absolute atomic E-state index is 0.168. The number of likely N-dealkylation sites (tertiary alicyclic amines) is 1. The molecule has 0 spiro atoms. The van der Waals surface area contributed by atoms with Crippen LogP contribution in [0, 0.1) is 13.8 Å². The fourth-order valence-electron chi connectivity index (χ4n) is 2.99. The van der Waals surface area contributed by atoms with Crippen molar-refractivity contribution in [3.63, 3.8) is 0 Å². The third kappa shape index (κ3) is 4.57. The van der Waals surface area contributed by atoms with Gasteiger partial charge in [-0.2, -0.15) is 0 Å². The molecule has 1 heterocycles. The van der Waals surface area contributed by atoms with Crippen LogP contribution >= 0.6 is 0 Å². The highest BCUT2D eigenvalue weighted by Crippen LogP contribution is 2.15. The highest BCUT2D eigenvalue weighted by atomic mass is 16.1. The second-order valence-electron chi connectivity index (χ2n) is 6.27. The first-order chi connectivity index (χ1) is 10.1. The fraction of sp³-hybridized carbons (Fsp3) is 0.611. The van der Waals surface area contributed by atoms with Gasteiger partial charge >= 0.3 is 0 Å². The van der Waals surface area contributed by atoms with Crippen LogP contribution in [-0.4, -0.2) is 29.9 Å². The molecule has 1 aliphatic heterocycles. The Kier molecular flexibility index (Phi) is 5.80. The van der Waals surface area contributed by atoms with Crippen LogP contribution in [0.5, 0.6) is 0 Å². The van der Waals surface area contributed by atoms with Crippen molar-refractivity contribution in [1.82, 2.24) is 10.2 Å². The van der Waals surface area contributed by atoms with Gasteiger partial charge in [-0.3, -0.25) is 4.79 Å². The Hall–Kier alpha value is -1.35. The number of carbonyl (C=O) groups is 1. The average molecular weight is 288 g/mol. The predicted molar refractivity (Wildman–Crippen MR) is 87.3 cm³/mol. The van der Waals surface area contributed by atoms with E-state index in [1.807, 2.05) is 0 Å². The number of hydrogen-bond donors (Lipinski definition) is 1. The summed E-state index contributed by atoms with van der Waals surface area (Å²) in [5.41, 5.74) is 3.78. The van der Waals surface area contributed by atoms with Gasteiger partial charge in [-0.1, -0.05) is 18.2 Å². The van der Waals surface area contributed by atoms with Gasteiger partial charge in [0.2, 0.25) is 5.91 Å². The Morgan fingerprint density at radius 3 is 2.71 bits per heavy atom. The van der Waals surface area contributed by atoms with Gasteiger partial charge < -0.3 is 10.2 Å². The third-order valence-corrected chi connectivity index (χ3v) is 4.75. The molecule has 1 atom stereocenters. The molecule has 1 saturated heterocycles. The molecule has 1 aromatic rings. The summed E-state index contributed by atoms with van der Waals surface area (Å²) in [5.74, 6) is 0.168. The lowest BCUT2D eigenvalue weighted by Gasteiger charge is -2.23. The van der Waals surface area contributed by atoms with Gasteiger partial charge in [0, 0.05) is 19.0 Å². The molecule has 0 radical (unpaired) electrons. The van der Waals surface area contributed by atoms with Crippen molar-refractivity contribution in [2.24, 2.45) is 0 Å². The summed E-state index contributed by atoms with van der Waals surface area (Å²) in [7, 11) is 0. The van der Waals surface area contributed by atoms with E-state index in [0.29, 0.717) is 19.0 Å². The molecule has 1 amide bonds. The smallest absolute Gasteiger partial charge is 0.220 e. The lowest BCUT2D eigenvalue weighted by molar-refractivity contribution is -0.121. The highest BCUT2D eigenvalue weighted by molar-refractivity contribution is 5.75. The molecule has 1 unspecified atom stereocenters. The van der Waals surface area contributed by atoms with E-state index in [2.05, 4.69) is 49.2 Å². The molecule has 1 fully saturated rings. The third-order valence-electron chi connectivity index (χ3n) is 4.75. The van der Waals surface area contributed by atoms with Crippen LogP contribution in [0.3, 0.4) is 0 Å². The summed E-state index contributed by atoms with van der Waals surface area (Å²) in [6, 6.07) is 6.78. The molecule has 0 aromatic heterocycles. The van der Waals surface area contributed by atoms with E-state index < -0.39 is 0 Å². The normalized spacial score (nSPS) is 16.9. The van der Waals surface area contributed by atoms with Crippen molar-refractivity contribution >= 4 is 5.91 Å². The molecule has 21 heavy (non-hydrogen) atoms. The zero-order valence-corrected chi connectivity index (χ0v) is 13.6. The molecule has 3 nitrogen and oxygen atoms in total. The number of benzene rings is 1. The van der Waals surface area contributed by atoms with Crippen LogP contribution in [0.1, 0.15) is 49.3 Å². The van der Waals surface area contributed by atoms with Crippen molar-refractivity contribution in [3.8, 4) is 0 Å². The summed E-state index contributed by atoms with van der Waals surface area (Å²) >= 11 is 0. The number of nitrogens with zero attached hydrogens (tertiary/aromatic N) is 1. The molecule has 1 aliphatic rings. The summed E-state index contributed by atoms with van der Waals surface area (Å²) in [6.45, 7) is 9.51. The van der Waals surface area contributed by atoms with Crippen molar-refractivity contribution in [2.45, 2.75) is 59.0 Å². The van der Waals surface area contributed by atoms with E-state index in [4.69, 9.17) is 0 Å². The lowest BCUT2D eigenvalue weighted by Crippen LogP contribution is -2.32. The molecule has 1 aromatic carbocycles.